The molecule has 43 heavy (non-hydrogen) atoms. The molecule has 2 aliphatic heterocycles. The van der Waals surface area contributed by atoms with Gasteiger partial charge in [-0.05, 0) is 41.9 Å². The minimum Gasteiger partial charge on any atom is -0.482 e. The zero-order chi connectivity index (χ0) is 30.7. The SMILES string of the molecule is CNS(=O)(=O)c1ccc(-c2ccc(C(CN3CCOCC3)N(C)C(=O)CN3C(=O)COc4cc(Cl)c(Cl)cc43)cc2)cc1. The first-order chi connectivity index (χ1) is 20.6. The van der Waals surface area contributed by atoms with Crippen molar-refractivity contribution in [3.05, 3.63) is 76.3 Å². The Kier molecular flexibility index (Phi) is 9.60. The molecule has 5 rings (SSSR count). The van der Waals surface area contributed by atoms with Crippen molar-refractivity contribution in [2.75, 3.05) is 65.0 Å². The summed E-state index contributed by atoms with van der Waals surface area (Å²) in [5.41, 5.74) is 3.08. The van der Waals surface area contributed by atoms with Crippen molar-refractivity contribution < 1.29 is 27.5 Å². The lowest BCUT2D eigenvalue weighted by atomic mass is 9.99. The molecule has 1 atom stereocenters. The number of morpholine rings is 1. The fourth-order valence-electron chi connectivity index (χ4n) is 5.11. The van der Waals surface area contributed by atoms with E-state index in [0.717, 1.165) is 29.8 Å². The number of benzene rings is 3. The van der Waals surface area contributed by atoms with Crippen LogP contribution in [0.15, 0.2) is 65.6 Å². The van der Waals surface area contributed by atoms with Crippen molar-refractivity contribution in [2.45, 2.75) is 10.9 Å². The molecule has 2 heterocycles. The number of rotatable bonds is 9. The molecule has 0 bridgehead atoms. The molecular formula is C30H32Cl2N4O6S. The van der Waals surface area contributed by atoms with E-state index in [1.54, 1.807) is 42.3 Å². The Balaban J connectivity index is 1.38. The summed E-state index contributed by atoms with van der Waals surface area (Å²) in [6.07, 6.45) is 0. The Morgan fingerprint density at radius 3 is 2.23 bits per heavy atom. The van der Waals surface area contributed by atoms with E-state index in [2.05, 4.69) is 9.62 Å². The molecule has 0 spiro atoms. The van der Waals surface area contributed by atoms with Gasteiger partial charge in [-0.2, -0.15) is 0 Å². The van der Waals surface area contributed by atoms with Crippen molar-refractivity contribution in [3.63, 3.8) is 0 Å². The highest BCUT2D eigenvalue weighted by molar-refractivity contribution is 7.89. The van der Waals surface area contributed by atoms with Crippen LogP contribution in [0.4, 0.5) is 5.69 Å². The second-order valence-electron chi connectivity index (χ2n) is 10.3. The minimum absolute atomic E-state index is 0.188. The molecule has 2 aliphatic rings. The summed E-state index contributed by atoms with van der Waals surface area (Å²) >= 11 is 12.4. The van der Waals surface area contributed by atoms with Crippen LogP contribution < -0.4 is 14.4 Å². The van der Waals surface area contributed by atoms with Gasteiger partial charge in [-0.15, -0.1) is 0 Å². The normalized spacial score (nSPS) is 16.4. The summed E-state index contributed by atoms with van der Waals surface area (Å²) in [7, 11) is -0.412. The van der Waals surface area contributed by atoms with Gasteiger partial charge in [0.15, 0.2) is 6.61 Å². The molecule has 1 unspecified atom stereocenters. The first-order valence-electron chi connectivity index (χ1n) is 13.7. The maximum atomic E-state index is 13.7. The lowest BCUT2D eigenvalue weighted by Crippen LogP contribution is -2.48. The third-order valence-corrected chi connectivity index (χ3v) is 9.85. The van der Waals surface area contributed by atoms with E-state index in [0.29, 0.717) is 36.2 Å². The van der Waals surface area contributed by atoms with Crippen molar-refractivity contribution >= 4 is 50.7 Å². The largest absolute Gasteiger partial charge is 0.482 e. The molecule has 0 aliphatic carbocycles. The van der Waals surface area contributed by atoms with Crippen LogP contribution in [-0.2, 0) is 24.3 Å². The summed E-state index contributed by atoms with van der Waals surface area (Å²) in [5, 5.41) is 0.555. The Labute approximate surface area is 261 Å². The molecule has 1 saturated heterocycles. The molecule has 1 N–H and O–H groups in total. The number of carbonyl (C=O) groups is 2. The number of carbonyl (C=O) groups excluding carboxylic acids is 2. The molecule has 0 radical (unpaired) electrons. The van der Waals surface area contributed by atoms with E-state index >= 15 is 0 Å². The summed E-state index contributed by atoms with van der Waals surface area (Å²) in [4.78, 5) is 32.1. The topological polar surface area (TPSA) is 108 Å². The van der Waals surface area contributed by atoms with E-state index in [9.17, 15) is 18.0 Å². The van der Waals surface area contributed by atoms with Gasteiger partial charge in [0, 0.05) is 32.7 Å². The van der Waals surface area contributed by atoms with Crippen LogP contribution in [0.1, 0.15) is 11.6 Å². The number of nitrogens with zero attached hydrogens (tertiary/aromatic N) is 3. The number of likely N-dealkylation sites (N-methyl/N-ethyl adjacent to an activating group) is 1. The quantitative estimate of drug-likeness (QED) is 0.376. The first-order valence-corrected chi connectivity index (χ1v) is 15.9. The number of anilines is 1. The molecule has 10 nitrogen and oxygen atoms in total. The van der Waals surface area contributed by atoms with Gasteiger partial charge in [-0.1, -0.05) is 59.6 Å². The van der Waals surface area contributed by atoms with Gasteiger partial charge in [0.2, 0.25) is 15.9 Å². The van der Waals surface area contributed by atoms with Gasteiger partial charge in [0.25, 0.3) is 5.91 Å². The molecule has 13 heteroatoms. The number of amides is 2. The molecule has 1 fully saturated rings. The number of sulfonamides is 1. The molecule has 0 saturated carbocycles. The van der Waals surface area contributed by atoms with Gasteiger partial charge in [-0.3, -0.25) is 19.4 Å². The lowest BCUT2D eigenvalue weighted by Gasteiger charge is -2.37. The maximum Gasteiger partial charge on any atom is 0.265 e. The van der Waals surface area contributed by atoms with Crippen LogP contribution in [0.25, 0.3) is 11.1 Å². The first kappa shape index (κ1) is 31.2. The number of nitrogens with one attached hydrogen (secondary N) is 1. The third kappa shape index (κ3) is 6.98. The van der Waals surface area contributed by atoms with Crippen LogP contribution >= 0.6 is 23.2 Å². The summed E-state index contributed by atoms with van der Waals surface area (Å²) in [5.74, 6) is -0.215. The highest BCUT2D eigenvalue weighted by Gasteiger charge is 2.32. The van der Waals surface area contributed by atoms with E-state index < -0.39 is 10.0 Å². The highest BCUT2D eigenvalue weighted by Crippen LogP contribution is 2.39. The Morgan fingerprint density at radius 2 is 1.60 bits per heavy atom. The predicted molar refractivity (Wildman–Crippen MR) is 165 cm³/mol. The van der Waals surface area contributed by atoms with Crippen LogP contribution in [-0.4, -0.2) is 90.1 Å². The highest BCUT2D eigenvalue weighted by atomic mass is 35.5. The molecule has 3 aromatic rings. The number of hydrogen-bond donors (Lipinski definition) is 1. The van der Waals surface area contributed by atoms with E-state index in [1.807, 2.05) is 24.3 Å². The Hall–Kier alpha value is -3.19. The van der Waals surface area contributed by atoms with Crippen LogP contribution in [0, 0.1) is 0 Å². The van der Waals surface area contributed by atoms with Crippen LogP contribution in [0.2, 0.25) is 10.0 Å². The van der Waals surface area contributed by atoms with E-state index in [4.69, 9.17) is 32.7 Å². The summed E-state index contributed by atoms with van der Waals surface area (Å²) < 4.78 is 37.5. The number of halogens is 2. The predicted octanol–water partition coefficient (Wildman–Crippen LogP) is 3.83. The van der Waals surface area contributed by atoms with Crippen molar-refractivity contribution in [1.29, 1.82) is 0 Å². The lowest BCUT2D eigenvalue weighted by molar-refractivity contribution is -0.133. The molecule has 3 aromatic carbocycles. The van der Waals surface area contributed by atoms with Crippen molar-refractivity contribution in [3.8, 4) is 16.9 Å². The number of fused-ring (bicyclic) bond motifs is 1. The van der Waals surface area contributed by atoms with Crippen molar-refractivity contribution in [2.24, 2.45) is 0 Å². The van der Waals surface area contributed by atoms with Crippen molar-refractivity contribution in [1.82, 2.24) is 14.5 Å². The fraction of sp³-hybridized carbons (Fsp3) is 0.333. The average molecular weight is 648 g/mol. The molecular weight excluding hydrogens is 615 g/mol. The van der Waals surface area contributed by atoms with E-state index in [1.165, 1.54) is 18.0 Å². The summed E-state index contributed by atoms with van der Waals surface area (Å²) in [6, 6.07) is 17.3. The van der Waals surface area contributed by atoms with Gasteiger partial charge < -0.3 is 14.4 Å². The third-order valence-electron chi connectivity index (χ3n) is 7.70. The molecule has 0 aromatic heterocycles. The second kappa shape index (κ2) is 13.2. The second-order valence-corrected chi connectivity index (χ2v) is 13.0. The maximum absolute atomic E-state index is 13.7. The molecule has 2 amide bonds. The minimum atomic E-state index is -3.53. The number of hydrogen-bond acceptors (Lipinski definition) is 7. The Morgan fingerprint density at radius 1 is 1.00 bits per heavy atom. The van der Waals surface area contributed by atoms with Gasteiger partial charge in [-0.25, -0.2) is 13.1 Å². The zero-order valence-electron chi connectivity index (χ0n) is 23.8. The van der Waals surface area contributed by atoms with Crippen LogP contribution in [0.3, 0.4) is 0 Å². The van der Waals surface area contributed by atoms with Gasteiger partial charge >= 0.3 is 0 Å². The Bertz CT molecular complexity index is 1600. The van der Waals surface area contributed by atoms with E-state index in [-0.39, 0.29) is 40.9 Å². The van der Waals surface area contributed by atoms with Gasteiger partial charge in [0.1, 0.15) is 12.3 Å². The molecule has 228 valence electrons. The summed E-state index contributed by atoms with van der Waals surface area (Å²) in [6.45, 7) is 2.90. The zero-order valence-corrected chi connectivity index (χ0v) is 26.1. The average Bonchev–Trinajstić information content (AvgIpc) is 3.02. The smallest absolute Gasteiger partial charge is 0.265 e. The monoisotopic (exact) mass is 646 g/mol. The standard InChI is InChI=1S/C30H32Cl2N4O6S/c1-33-43(39,40)23-9-7-21(8-10-23)20-3-5-22(6-4-20)27(17-35-11-13-41-14-12-35)34(2)29(37)18-36-26-15-24(31)25(32)16-28(26)42-19-30(36)38/h3-10,15-16,27,33H,11-14,17-19H2,1-2H3. The van der Waals surface area contributed by atoms with Gasteiger partial charge in [0.05, 0.1) is 39.9 Å². The van der Waals surface area contributed by atoms with Crippen LogP contribution in [0.5, 0.6) is 5.75 Å². The number of ether oxygens (including phenoxy) is 2. The fourth-order valence-corrected chi connectivity index (χ4v) is 6.15.